The number of carbonyl (C=O) groups is 2. The predicted octanol–water partition coefficient (Wildman–Crippen LogP) is 4.09. The summed E-state index contributed by atoms with van der Waals surface area (Å²) in [5.41, 5.74) is 2.95. The maximum Gasteiger partial charge on any atom is 0.259 e. The summed E-state index contributed by atoms with van der Waals surface area (Å²) in [6.07, 6.45) is 2.60. The lowest BCUT2D eigenvalue weighted by molar-refractivity contribution is -0.118. The maximum atomic E-state index is 12.9. The zero-order chi connectivity index (χ0) is 21.0. The molecule has 7 nitrogen and oxygen atoms in total. The normalized spacial score (nSPS) is 20.0. The number of nitrogens with one attached hydrogen (secondary N) is 1. The van der Waals surface area contributed by atoms with E-state index in [-0.39, 0.29) is 23.1 Å². The molecule has 1 aromatic carbocycles. The number of aromatic nitrogens is 2. The first-order chi connectivity index (χ1) is 14.4. The average molecular weight is 425 g/mol. The van der Waals surface area contributed by atoms with E-state index in [1.54, 1.807) is 25.2 Å². The molecule has 1 saturated heterocycles. The number of rotatable bonds is 3. The van der Waals surface area contributed by atoms with Crippen LogP contribution in [0.15, 0.2) is 22.7 Å². The van der Waals surface area contributed by atoms with Crippen LogP contribution in [-0.4, -0.2) is 39.9 Å². The lowest BCUT2D eigenvalue weighted by Crippen LogP contribution is -2.40. The van der Waals surface area contributed by atoms with Gasteiger partial charge in [-0.3, -0.25) is 9.59 Å². The molecule has 2 aliphatic rings. The maximum absolute atomic E-state index is 12.9. The van der Waals surface area contributed by atoms with E-state index in [4.69, 9.17) is 4.52 Å². The van der Waals surface area contributed by atoms with E-state index in [0.29, 0.717) is 30.1 Å². The summed E-state index contributed by atoms with van der Waals surface area (Å²) in [5.74, 6) is 0.636. The summed E-state index contributed by atoms with van der Waals surface area (Å²) < 4.78 is 6.27. The quantitative estimate of drug-likeness (QED) is 0.684. The Morgan fingerprint density at radius 3 is 2.70 bits per heavy atom. The lowest BCUT2D eigenvalue weighted by Gasteiger charge is -2.32. The highest BCUT2D eigenvalue weighted by atomic mass is 32.1. The second-order valence-electron chi connectivity index (χ2n) is 8.52. The zero-order valence-corrected chi connectivity index (χ0v) is 18.1. The molecular formula is C22H24N4O3S. The van der Waals surface area contributed by atoms with Gasteiger partial charge >= 0.3 is 0 Å². The number of piperidine rings is 1. The van der Waals surface area contributed by atoms with Crippen LogP contribution in [0, 0.1) is 32.1 Å². The molecular weight excluding hydrogens is 400 g/mol. The van der Waals surface area contributed by atoms with E-state index in [0.717, 1.165) is 40.2 Å². The number of benzene rings is 1. The summed E-state index contributed by atoms with van der Waals surface area (Å²) in [7, 11) is 0. The molecule has 2 fully saturated rings. The van der Waals surface area contributed by atoms with Gasteiger partial charge in [-0.2, -0.15) is 0 Å². The highest BCUT2D eigenvalue weighted by Gasteiger charge is 2.58. The Morgan fingerprint density at radius 2 is 2.00 bits per heavy atom. The Labute approximate surface area is 178 Å². The number of aryl methyl sites for hydroxylation is 3. The Bertz CT molecular complexity index is 1140. The number of fused-ring (bicyclic) bond motifs is 1. The van der Waals surface area contributed by atoms with Gasteiger partial charge in [-0.15, -0.1) is 11.3 Å². The van der Waals surface area contributed by atoms with E-state index < -0.39 is 0 Å². The van der Waals surface area contributed by atoms with Gasteiger partial charge in [-0.05, 0) is 63.6 Å². The molecule has 2 amide bonds. The van der Waals surface area contributed by atoms with Gasteiger partial charge in [-0.1, -0.05) is 5.16 Å². The van der Waals surface area contributed by atoms with Crippen LogP contribution < -0.4 is 5.32 Å². The summed E-state index contributed by atoms with van der Waals surface area (Å²) in [6.45, 7) is 6.87. The van der Waals surface area contributed by atoms with Gasteiger partial charge in [-0.25, -0.2) is 4.98 Å². The van der Waals surface area contributed by atoms with Crippen molar-refractivity contribution in [1.29, 1.82) is 0 Å². The first-order valence-corrected chi connectivity index (χ1v) is 11.1. The highest BCUT2D eigenvalue weighted by molar-refractivity contribution is 7.18. The van der Waals surface area contributed by atoms with E-state index in [1.807, 2.05) is 30.0 Å². The van der Waals surface area contributed by atoms with Gasteiger partial charge < -0.3 is 14.7 Å². The largest absolute Gasteiger partial charge is 0.361 e. The molecule has 1 atom stereocenters. The summed E-state index contributed by atoms with van der Waals surface area (Å²) in [6, 6.07) is 5.89. The number of likely N-dealkylation sites (tertiary alicyclic amines) is 1. The molecule has 0 bridgehead atoms. The molecule has 2 aromatic heterocycles. The van der Waals surface area contributed by atoms with Crippen molar-refractivity contribution in [2.75, 3.05) is 18.4 Å². The molecule has 156 valence electrons. The smallest absolute Gasteiger partial charge is 0.259 e. The van der Waals surface area contributed by atoms with E-state index in [9.17, 15) is 9.59 Å². The first kappa shape index (κ1) is 19.2. The van der Waals surface area contributed by atoms with Crippen LogP contribution in [0.3, 0.4) is 0 Å². The van der Waals surface area contributed by atoms with Crippen molar-refractivity contribution in [2.45, 2.75) is 40.0 Å². The van der Waals surface area contributed by atoms with E-state index in [2.05, 4.69) is 15.5 Å². The minimum Gasteiger partial charge on any atom is -0.361 e. The Morgan fingerprint density at radius 1 is 1.23 bits per heavy atom. The van der Waals surface area contributed by atoms with Gasteiger partial charge in [0.15, 0.2) is 0 Å². The number of anilines is 1. The van der Waals surface area contributed by atoms with E-state index in [1.165, 1.54) is 0 Å². The van der Waals surface area contributed by atoms with Crippen LogP contribution in [0.2, 0.25) is 0 Å². The number of hydrogen-bond donors (Lipinski definition) is 1. The van der Waals surface area contributed by atoms with Gasteiger partial charge in [0, 0.05) is 24.7 Å². The molecule has 1 saturated carbocycles. The van der Waals surface area contributed by atoms with Crippen LogP contribution in [0.1, 0.15) is 46.1 Å². The topological polar surface area (TPSA) is 88.3 Å². The van der Waals surface area contributed by atoms with Crippen LogP contribution >= 0.6 is 11.3 Å². The van der Waals surface area contributed by atoms with Crippen molar-refractivity contribution in [2.24, 2.45) is 11.3 Å². The van der Waals surface area contributed by atoms with Crippen molar-refractivity contribution in [3.8, 4) is 0 Å². The molecule has 0 radical (unpaired) electrons. The van der Waals surface area contributed by atoms with Crippen molar-refractivity contribution in [1.82, 2.24) is 15.0 Å². The molecule has 1 spiro atoms. The molecule has 30 heavy (non-hydrogen) atoms. The second-order valence-corrected chi connectivity index (χ2v) is 9.75. The Kier molecular flexibility index (Phi) is 4.43. The predicted molar refractivity (Wildman–Crippen MR) is 115 cm³/mol. The van der Waals surface area contributed by atoms with Crippen molar-refractivity contribution < 1.29 is 14.1 Å². The third kappa shape index (κ3) is 3.19. The number of hydrogen-bond acceptors (Lipinski definition) is 6. The monoisotopic (exact) mass is 424 g/mol. The second kappa shape index (κ2) is 6.91. The van der Waals surface area contributed by atoms with Crippen LogP contribution in [0.4, 0.5) is 5.69 Å². The number of nitrogens with zero attached hydrogens (tertiary/aromatic N) is 3. The molecule has 0 unspecified atom stereocenters. The molecule has 3 heterocycles. The standard InChI is InChI=1S/C22H24N4O3S/c1-12-19(13(2)29-25-12)21(28)26-8-6-22(7-9-26)11-16(22)20(27)24-15-4-5-18-17(10-15)23-14(3)30-18/h4-5,10,16H,6-9,11H2,1-3H3,(H,24,27)/t16-/m1/s1. The summed E-state index contributed by atoms with van der Waals surface area (Å²) in [4.78, 5) is 32.1. The van der Waals surface area contributed by atoms with Gasteiger partial charge in [0.1, 0.15) is 11.3 Å². The number of carbonyl (C=O) groups excluding carboxylic acids is 2. The van der Waals surface area contributed by atoms with Gasteiger partial charge in [0.2, 0.25) is 5.91 Å². The van der Waals surface area contributed by atoms with Crippen molar-refractivity contribution in [3.05, 3.63) is 40.2 Å². The molecule has 8 heteroatoms. The minimum absolute atomic E-state index is 0.0154. The van der Waals surface area contributed by atoms with Crippen molar-refractivity contribution >= 4 is 39.1 Å². The fourth-order valence-electron chi connectivity index (χ4n) is 4.72. The first-order valence-electron chi connectivity index (χ1n) is 10.3. The molecule has 1 N–H and O–H groups in total. The SMILES string of the molecule is Cc1nc2cc(NC(=O)[C@H]3CC34CCN(C(=O)c3c(C)noc3C)CC4)ccc2s1. The minimum atomic E-state index is -0.0189. The summed E-state index contributed by atoms with van der Waals surface area (Å²) >= 11 is 1.65. The highest BCUT2D eigenvalue weighted by Crippen LogP contribution is 2.59. The summed E-state index contributed by atoms with van der Waals surface area (Å²) in [5, 5.41) is 7.98. The van der Waals surface area contributed by atoms with Crippen LogP contribution in [0.25, 0.3) is 10.2 Å². The van der Waals surface area contributed by atoms with Gasteiger partial charge in [0.05, 0.1) is 20.9 Å². The fourth-order valence-corrected chi connectivity index (χ4v) is 5.53. The fraction of sp³-hybridized carbons (Fsp3) is 0.455. The Balaban J connectivity index is 1.21. The van der Waals surface area contributed by atoms with Crippen LogP contribution in [0.5, 0.6) is 0 Å². The number of amides is 2. The zero-order valence-electron chi connectivity index (χ0n) is 17.3. The van der Waals surface area contributed by atoms with Crippen molar-refractivity contribution in [3.63, 3.8) is 0 Å². The Hall–Kier alpha value is -2.74. The molecule has 1 aliphatic heterocycles. The van der Waals surface area contributed by atoms with Gasteiger partial charge in [0.25, 0.3) is 5.91 Å². The molecule has 3 aromatic rings. The van der Waals surface area contributed by atoms with Crippen LogP contribution in [-0.2, 0) is 4.79 Å². The van der Waals surface area contributed by atoms with E-state index >= 15 is 0 Å². The average Bonchev–Trinajstić information content (AvgIpc) is 3.11. The number of thiazole rings is 1. The third-order valence-corrected chi connectivity index (χ3v) is 7.51. The lowest BCUT2D eigenvalue weighted by atomic mass is 9.90. The molecule has 1 aliphatic carbocycles. The third-order valence-electron chi connectivity index (χ3n) is 6.56. The molecule has 5 rings (SSSR count).